The van der Waals surface area contributed by atoms with Crippen LogP contribution < -0.4 is 5.32 Å². The Morgan fingerprint density at radius 3 is 2.52 bits per heavy atom. The highest BCUT2D eigenvalue weighted by Crippen LogP contribution is 2.27. The number of rotatable bonds is 10. The average molecular weight is 459 g/mol. The Kier molecular flexibility index (Phi) is 8.92. The van der Waals surface area contributed by atoms with Gasteiger partial charge >= 0.3 is 0 Å². The second-order valence-corrected chi connectivity index (χ2v) is 9.32. The number of carbonyl (C=O) groups excluding carboxylic acids is 1. The molecular weight excluding hydrogens is 435 g/mol. The molecule has 0 unspecified atom stereocenters. The minimum absolute atomic E-state index is 0.0484. The standard InChI is InChI=1S/C20H24Cl2N2O4S/c1-15(14-28-2)23-20(25)13-24(11-10-16-6-4-3-5-7-16)29(26,27)19-12-17(21)8-9-18(19)22/h3-9,12,15H,10-11,13-14H2,1-2H3,(H,23,25)/t15-/m1/s1. The van der Waals surface area contributed by atoms with Crippen LogP contribution in [0.25, 0.3) is 0 Å². The Hall–Kier alpha value is -1.64. The lowest BCUT2D eigenvalue weighted by Gasteiger charge is -2.23. The van der Waals surface area contributed by atoms with Crippen LogP contribution in [0, 0.1) is 0 Å². The fourth-order valence-corrected chi connectivity index (χ4v) is 4.90. The lowest BCUT2D eigenvalue weighted by molar-refractivity contribution is -0.122. The van der Waals surface area contributed by atoms with Crippen molar-refractivity contribution < 1.29 is 17.9 Å². The molecule has 0 aliphatic rings. The van der Waals surface area contributed by atoms with Gasteiger partial charge in [-0.2, -0.15) is 4.31 Å². The molecule has 1 atom stereocenters. The number of nitrogens with one attached hydrogen (secondary N) is 1. The number of sulfonamides is 1. The summed E-state index contributed by atoms with van der Waals surface area (Å²) in [5, 5.41) is 3.02. The summed E-state index contributed by atoms with van der Waals surface area (Å²) in [5.41, 5.74) is 0.957. The lowest BCUT2D eigenvalue weighted by Crippen LogP contribution is -2.45. The summed E-state index contributed by atoms with van der Waals surface area (Å²) in [6, 6.07) is 13.4. The fraction of sp³-hybridized carbons (Fsp3) is 0.350. The van der Waals surface area contributed by atoms with Gasteiger partial charge in [-0.15, -0.1) is 0 Å². The first kappa shape index (κ1) is 23.6. The van der Waals surface area contributed by atoms with Crippen molar-refractivity contribution in [2.45, 2.75) is 24.3 Å². The van der Waals surface area contributed by atoms with Crippen LogP contribution in [0.15, 0.2) is 53.4 Å². The van der Waals surface area contributed by atoms with Crippen molar-refractivity contribution in [2.24, 2.45) is 0 Å². The molecule has 0 saturated carbocycles. The quantitative estimate of drug-likeness (QED) is 0.591. The third-order valence-corrected chi connectivity index (χ3v) is 6.71. The summed E-state index contributed by atoms with van der Waals surface area (Å²) in [4.78, 5) is 12.3. The summed E-state index contributed by atoms with van der Waals surface area (Å²) in [6.45, 7) is 1.87. The van der Waals surface area contributed by atoms with Crippen molar-refractivity contribution in [3.8, 4) is 0 Å². The molecule has 2 aromatic rings. The van der Waals surface area contributed by atoms with Gasteiger partial charge < -0.3 is 10.1 Å². The first-order valence-corrected chi connectivity index (χ1v) is 11.2. The average Bonchev–Trinajstić information content (AvgIpc) is 2.67. The maximum absolute atomic E-state index is 13.3. The van der Waals surface area contributed by atoms with Gasteiger partial charge in [0.05, 0.1) is 18.2 Å². The van der Waals surface area contributed by atoms with Crippen LogP contribution in [0.5, 0.6) is 0 Å². The van der Waals surface area contributed by atoms with Crippen LogP contribution in [0.2, 0.25) is 10.0 Å². The zero-order valence-corrected chi connectivity index (χ0v) is 18.6. The van der Waals surface area contributed by atoms with Crippen molar-refractivity contribution in [1.29, 1.82) is 0 Å². The van der Waals surface area contributed by atoms with Gasteiger partial charge in [-0.25, -0.2) is 8.42 Å². The number of amides is 1. The van der Waals surface area contributed by atoms with E-state index in [1.54, 1.807) is 6.92 Å². The Morgan fingerprint density at radius 1 is 1.17 bits per heavy atom. The number of halogens is 2. The molecule has 0 aliphatic heterocycles. The first-order chi connectivity index (χ1) is 13.7. The summed E-state index contributed by atoms with van der Waals surface area (Å²) >= 11 is 12.1. The van der Waals surface area contributed by atoms with Crippen LogP contribution >= 0.6 is 23.2 Å². The summed E-state index contributed by atoms with van der Waals surface area (Å²) < 4.78 is 32.6. The minimum atomic E-state index is -4.04. The second-order valence-electron chi connectivity index (χ2n) is 6.57. The zero-order chi connectivity index (χ0) is 21.4. The van der Waals surface area contributed by atoms with Crippen LogP contribution in [-0.2, 0) is 26.0 Å². The van der Waals surface area contributed by atoms with Gasteiger partial charge in [0.2, 0.25) is 15.9 Å². The van der Waals surface area contributed by atoms with Crippen molar-refractivity contribution in [2.75, 3.05) is 26.8 Å². The highest BCUT2D eigenvalue weighted by atomic mass is 35.5. The highest BCUT2D eigenvalue weighted by Gasteiger charge is 2.29. The molecule has 6 nitrogen and oxygen atoms in total. The van der Waals surface area contributed by atoms with E-state index >= 15 is 0 Å². The van der Waals surface area contributed by atoms with Gasteiger partial charge in [0.1, 0.15) is 4.90 Å². The number of hydrogen-bond acceptors (Lipinski definition) is 4. The number of benzene rings is 2. The molecule has 1 amide bonds. The normalized spacial score (nSPS) is 12.7. The number of ether oxygens (including phenoxy) is 1. The second kappa shape index (κ2) is 10.9. The van der Waals surface area contributed by atoms with E-state index in [0.29, 0.717) is 13.0 Å². The summed E-state index contributed by atoms with van der Waals surface area (Å²) in [5.74, 6) is -0.427. The van der Waals surface area contributed by atoms with E-state index in [0.717, 1.165) is 9.87 Å². The third kappa shape index (κ3) is 6.97. The van der Waals surface area contributed by atoms with Gasteiger partial charge in [-0.1, -0.05) is 53.5 Å². The van der Waals surface area contributed by atoms with E-state index in [1.807, 2.05) is 30.3 Å². The molecule has 9 heteroatoms. The number of carbonyl (C=O) groups is 1. The van der Waals surface area contributed by atoms with E-state index in [2.05, 4.69) is 5.32 Å². The summed E-state index contributed by atoms with van der Waals surface area (Å²) in [6.07, 6.45) is 0.444. The number of nitrogens with zero attached hydrogens (tertiary/aromatic N) is 1. The third-order valence-electron chi connectivity index (χ3n) is 4.15. The van der Waals surface area contributed by atoms with Crippen LogP contribution in [-0.4, -0.2) is 51.5 Å². The van der Waals surface area contributed by atoms with Crippen molar-refractivity contribution in [1.82, 2.24) is 9.62 Å². The van der Waals surface area contributed by atoms with Gasteiger partial charge in [0.25, 0.3) is 0 Å². The first-order valence-electron chi connectivity index (χ1n) is 9.01. The SMILES string of the molecule is COC[C@@H](C)NC(=O)CN(CCc1ccccc1)S(=O)(=O)c1cc(Cl)ccc1Cl. The fourth-order valence-electron chi connectivity index (χ4n) is 2.77. The molecule has 0 bridgehead atoms. The Bertz CT molecular complexity index is 923. The van der Waals surface area contributed by atoms with Crippen LogP contribution in [0.1, 0.15) is 12.5 Å². The van der Waals surface area contributed by atoms with Crippen molar-refractivity contribution >= 4 is 39.1 Å². The molecular formula is C20H24Cl2N2O4S. The maximum atomic E-state index is 13.3. The molecule has 0 saturated heterocycles. The maximum Gasteiger partial charge on any atom is 0.245 e. The van der Waals surface area contributed by atoms with Crippen molar-refractivity contribution in [3.63, 3.8) is 0 Å². The Balaban J connectivity index is 2.27. The molecule has 0 fully saturated rings. The van der Waals surface area contributed by atoms with Crippen LogP contribution in [0.4, 0.5) is 0 Å². The molecule has 0 aliphatic carbocycles. The van der Waals surface area contributed by atoms with E-state index in [-0.39, 0.29) is 34.1 Å². The largest absolute Gasteiger partial charge is 0.383 e. The van der Waals surface area contributed by atoms with E-state index in [1.165, 1.54) is 25.3 Å². The lowest BCUT2D eigenvalue weighted by atomic mass is 10.1. The zero-order valence-electron chi connectivity index (χ0n) is 16.3. The minimum Gasteiger partial charge on any atom is -0.383 e. The number of hydrogen-bond donors (Lipinski definition) is 1. The van der Waals surface area contributed by atoms with E-state index < -0.39 is 15.9 Å². The smallest absolute Gasteiger partial charge is 0.245 e. The summed E-state index contributed by atoms with van der Waals surface area (Å²) in [7, 11) is -2.51. The molecule has 0 heterocycles. The molecule has 158 valence electrons. The monoisotopic (exact) mass is 458 g/mol. The Labute approximate surface area is 181 Å². The molecule has 29 heavy (non-hydrogen) atoms. The predicted molar refractivity (Wildman–Crippen MR) is 115 cm³/mol. The van der Waals surface area contributed by atoms with Gasteiger partial charge in [-0.05, 0) is 37.1 Å². The molecule has 0 radical (unpaired) electrons. The van der Waals surface area contributed by atoms with E-state index in [4.69, 9.17) is 27.9 Å². The molecule has 2 rings (SSSR count). The topological polar surface area (TPSA) is 75.7 Å². The van der Waals surface area contributed by atoms with Gasteiger partial charge in [-0.3, -0.25) is 4.79 Å². The number of methoxy groups -OCH3 is 1. The highest BCUT2D eigenvalue weighted by molar-refractivity contribution is 7.89. The molecule has 0 spiro atoms. The Morgan fingerprint density at radius 2 is 1.86 bits per heavy atom. The van der Waals surface area contributed by atoms with Crippen LogP contribution in [0.3, 0.4) is 0 Å². The van der Waals surface area contributed by atoms with Crippen molar-refractivity contribution in [3.05, 3.63) is 64.1 Å². The van der Waals surface area contributed by atoms with Gasteiger partial charge in [0.15, 0.2) is 0 Å². The van der Waals surface area contributed by atoms with E-state index in [9.17, 15) is 13.2 Å². The predicted octanol–water partition coefficient (Wildman–Crippen LogP) is 3.38. The molecule has 0 aromatic heterocycles. The molecule has 2 aromatic carbocycles. The molecule has 1 N–H and O–H groups in total. The van der Waals surface area contributed by atoms with Gasteiger partial charge in [0, 0.05) is 24.7 Å².